The highest BCUT2D eigenvalue weighted by Gasteiger charge is 2.25. The van der Waals surface area contributed by atoms with Crippen molar-refractivity contribution >= 4 is 10.0 Å². The highest BCUT2D eigenvalue weighted by Crippen LogP contribution is 2.24. The molecule has 2 aromatic rings. The van der Waals surface area contributed by atoms with Crippen LogP contribution in [0.4, 0.5) is 0 Å². The van der Waals surface area contributed by atoms with Gasteiger partial charge in [-0.3, -0.25) is 4.68 Å². The van der Waals surface area contributed by atoms with Gasteiger partial charge in [-0.2, -0.15) is 5.10 Å². The van der Waals surface area contributed by atoms with Gasteiger partial charge in [0.2, 0.25) is 10.0 Å². The minimum atomic E-state index is -3.22. The molecule has 0 fully saturated rings. The van der Waals surface area contributed by atoms with Crippen molar-refractivity contribution in [2.24, 2.45) is 7.05 Å². The highest BCUT2D eigenvalue weighted by atomic mass is 32.2. The first-order chi connectivity index (χ1) is 9.94. The molecule has 2 aromatic heterocycles. The van der Waals surface area contributed by atoms with Crippen LogP contribution in [0, 0.1) is 0 Å². The topological polar surface area (TPSA) is 104 Å². The lowest BCUT2D eigenvalue weighted by atomic mass is 10.2. The molecule has 3 heterocycles. The molecule has 1 aliphatic rings. The van der Waals surface area contributed by atoms with Gasteiger partial charge in [-0.05, 0) is 6.07 Å². The first-order valence-electron chi connectivity index (χ1n) is 6.41. The maximum absolute atomic E-state index is 11.1. The molecule has 114 valence electrons. The molecule has 0 aromatic carbocycles. The number of fused-ring (bicyclic) bond motifs is 1. The standard InChI is InChI=1S/C11H16N6O3S/c1-16-9(3-4-12-16)11-10-7-20-8(5-13-21(2,18)19)6-17(10)15-14-11/h3-4,8,13H,5-7H2,1-2H3. The van der Waals surface area contributed by atoms with Crippen LogP contribution in [-0.2, 0) is 35.0 Å². The molecular weight excluding hydrogens is 296 g/mol. The Labute approximate surface area is 121 Å². The first kappa shape index (κ1) is 14.2. The maximum Gasteiger partial charge on any atom is 0.208 e. The number of sulfonamides is 1. The second-order valence-corrected chi connectivity index (χ2v) is 6.79. The average Bonchev–Trinajstić information content (AvgIpc) is 3.00. The zero-order chi connectivity index (χ0) is 15.0. The number of nitrogens with zero attached hydrogens (tertiary/aromatic N) is 5. The van der Waals surface area contributed by atoms with E-state index in [1.165, 1.54) is 0 Å². The van der Waals surface area contributed by atoms with Gasteiger partial charge >= 0.3 is 0 Å². The van der Waals surface area contributed by atoms with Crippen molar-refractivity contribution in [3.05, 3.63) is 18.0 Å². The molecule has 21 heavy (non-hydrogen) atoms. The molecule has 0 radical (unpaired) electrons. The van der Waals surface area contributed by atoms with E-state index in [0.717, 1.165) is 23.3 Å². The third kappa shape index (κ3) is 2.96. The Morgan fingerprint density at radius 3 is 3.00 bits per heavy atom. The molecular formula is C11H16N6O3S. The number of aryl methyl sites for hydroxylation is 1. The molecule has 0 spiro atoms. The second-order valence-electron chi connectivity index (χ2n) is 4.96. The Morgan fingerprint density at radius 1 is 1.52 bits per heavy atom. The zero-order valence-electron chi connectivity index (χ0n) is 11.7. The summed E-state index contributed by atoms with van der Waals surface area (Å²) in [6, 6.07) is 1.86. The molecule has 3 rings (SSSR count). The summed E-state index contributed by atoms with van der Waals surface area (Å²) >= 11 is 0. The normalized spacial score (nSPS) is 18.7. The van der Waals surface area contributed by atoms with E-state index in [-0.39, 0.29) is 12.6 Å². The SMILES string of the molecule is Cn1nccc1-c1nnn2c1COC(CNS(C)(=O)=O)C2. The molecule has 0 bridgehead atoms. The number of nitrogens with one attached hydrogen (secondary N) is 1. The molecule has 0 saturated heterocycles. The van der Waals surface area contributed by atoms with Crippen LogP contribution in [-0.4, -0.2) is 52.1 Å². The van der Waals surface area contributed by atoms with Crippen LogP contribution < -0.4 is 4.72 Å². The third-order valence-electron chi connectivity index (χ3n) is 3.31. The predicted octanol–water partition coefficient (Wildman–Crippen LogP) is -0.873. The van der Waals surface area contributed by atoms with Crippen molar-refractivity contribution in [2.45, 2.75) is 19.3 Å². The van der Waals surface area contributed by atoms with Gasteiger partial charge in [0.05, 0.1) is 36.9 Å². The smallest absolute Gasteiger partial charge is 0.208 e. The van der Waals surface area contributed by atoms with E-state index < -0.39 is 10.0 Å². The first-order valence-corrected chi connectivity index (χ1v) is 8.30. The minimum absolute atomic E-state index is 0.221. The highest BCUT2D eigenvalue weighted by molar-refractivity contribution is 7.88. The Hall–Kier alpha value is -1.78. The summed E-state index contributed by atoms with van der Waals surface area (Å²) < 4.78 is 33.8. The molecule has 0 aliphatic carbocycles. The third-order valence-corrected chi connectivity index (χ3v) is 4.00. The van der Waals surface area contributed by atoms with Gasteiger partial charge in [-0.15, -0.1) is 5.10 Å². The molecule has 9 nitrogen and oxygen atoms in total. The predicted molar refractivity (Wildman–Crippen MR) is 73.6 cm³/mol. The van der Waals surface area contributed by atoms with Gasteiger partial charge in [0.1, 0.15) is 5.69 Å². The summed E-state index contributed by atoms with van der Waals surface area (Å²) in [5, 5.41) is 12.4. The van der Waals surface area contributed by atoms with E-state index in [1.54, 1.807) is 15.6 Å². The maximum atomic E-state index is 11.1. The van der Waals surface area contributed by atoms with Gasteiger partial charge in [-0.1, -0.05) is 5.21 Å². The summed E-state index contributed by atoms with van der Waals surface area (Å²) in [4.78, 5) is 0. The summed E-state index contributed by atoms with van der Waals surface area (Å²) in [6.07, 6.45) is 2.56. The number of hydrogen-bond acceptors (Lipinski definition) is 6. The van der Waals surface area contributed by atoms with Crippen molar-refractivity contribution < 1.29 is 13.2 Å². The van der Waals surface area contributed by atoms with Crippen LogP contribution in [0.5, 0.6) is 0 Å². The number of aromatic nitrogens is 5. The summed E-state index contributed by atoms with van der Waals surface area (Å²) in [7, 11) is -1.39. The van der Waals surface area contributed by atoms with E-state index in [1.807, 2.05) is 13.1 Å². The Balaban J connectivity index is 1.77. The van der Waals surface area contributed by atoms with Crippen LogP contribution in [0.3, 0.4) is 0 Å². The number of hydrogen-bond donors (Lipinski definition) is 1. The van der Waals surface area contributed by atoms with Crippen LogP contribution in [0.25, 0.3) is 11.4 Å². The van der Waals surface area contributed by atoms with E-state index in [9.17, 15) is 8.42 Å². The molecule has 1 aliphatic heterocycles. The number of rotatable bonds is 4. The van der Waals surface area contributed by atoms with Crippen LogP contribution >= 0.6 is 0 Å². The molecule has 0 saturated carbocycles. The van der Waals surface area contributed by atoms with Gasteiger partial charge in [0, 0.05) is 19.8 Å². The van der Waals surface area contributed by atoms with Gasteiger partial charge in [0.25, 0.3) is 0 Å². The Bertz CT molecular complexity index is 750. The molecule has 10 heteroatoms. The molecule has 1 atom stereocenters. The van der Waals surface area contributed by atoms with Crippen LogP contribution in [0.15, 0.2) is 12.3 Å². The quantitative estimate of drug-likeness (QED) is 0.787. The summed E-state index contributed by atoms with van der Waals surface area (Å²) in [6.45, 7) is 1.02. The largest absolute Gasteiger partial charge is 0.369 e. The van der Waals surface area contributed by atoms with Gasteiger partial charge in [0.15, 0.2) is 0 Å². The van der Waals surface area contributed by atoms with Crippen LogP contribution in [0.1, 0.15) is 5.69 Å². The number of ether oxygens (including phenoxy) is 1. The molecule has 1 N–H and O–H groups in total. The minimum Gasteiger partial charge on any atom is -0.369 e. The van der Waals surface area contributed by atoms with E-state index in [2.05, 4.69) is 20.1 Å². The molecule has 1 unspecified atom stereocenters. The second kappa shape index (κ2) is 5.20. The van der Waals surface area contributed by atoms with Crippen LogP contribution in [0.2, 0.25) is 0 Å². The van der Waals surface area contributed by atoms with E-state index >= 15 is 0 Å². The fourth-order valence-corrected chi connectivity index (χ4v) is 2.73. The average molecular weight is 312 g/mol. The van der Waals surface area contributed by atoms with E-state index in [4.69, 9.17) is 4.74 Å². The van der Waals surface area contributed by atoms with Crippen molar-refractivity contribution in [3.63, 3.8) is 0 Å². The summed E-state index contributed by atoms with van der Waals surface area (Å²) in [5.74, 6) is 0. The molecule has 0 amide bonds. The van der Waals surface area contributed by atoms with Crippen molar-refractivity contribution in [1.82, 2.24) is 29.5 Å². The Morgan fingerprint density at radius 2 is 2.33 bits per heavy atom. The Kier molecular flexibility index (Phi) is 3.51. The summed E-state index contributed by atoms with van der Waals surface area (Å²) in [5.41, 5.74) is 2.48. The monoisotopic (exact) mass is 312 g/mol. The lowest BCUT2D eigenvalue weighted by molar-refractivity contribution is 0.00432. The fourth-order valence-electron chi connectivity index (χ4n) is 2.24. The lowest BCUT2D eigenvalue weighted by Gasteiger charge is -2.24. The van der Waals surface area contributed by atoms with Crippen molar-refractivity contribution in [1.29, 1.82) is 0 Å². The van der Waals surface area contributed by atoms with Gasteiger partial charge in [-0.25, -0.2) is 17.8 Å². The zero-order valence-corrected chi connectivity index (χ0v) is 12.5. The fraction of sp³-hybridized carbons (Fsp3) is 0.545. The lowest BCUT2D eigenvalue weighted by Crippen LogP contribution is -2.38. The van der Waals surface area contributed by atoms with Crippen molar-refractivity contribution in [3.8, 4) is 11.4 Å². The van der Waals surface area contributed by atoms with Gasteiger partial charge < -0.3 is 4.74 Å². The van der Waals surface area contributed by atoms with Crippen molar-refractivity contribution in [2.75, 3.05) is 12.8 Å². The van der Waals surface area contributed by atoms with E-state index in [0.29, 0.717) is 13.2 Å².